The second kappa shape index (κ2) is 11.7. The quantitative estimate of drug-likeness (QED) is 0.356. The summed E-state index contributed by atoms with van der Waals surface area (Å²) in [7, 11) is 1.65. The maximum atomic E-state index is 13.7. The second-order valence-corrected chi connectivity index (χ2v) is 10.5. The Morgan fingerprint density at radius 2 is 1.86 bits per heavy atom. The summed E-state index contributed by atoms with van der Waals surface area (Å²) in [6, 6.07) is 5.71. The predicted molar refractivity (Wildman–Crippen MR) is 135 cm³/mol. The maximum absolute atomic E-state index is 13.7. The van der Waals surface area contributed by atoms with Crippen LogP contribution in [0.2, 0.25) is 0 Å². The fraction of sp³-hybridized carbons (Fsp3) is 0.577. The van der Waals surface area contributed by atoms with E-state index in [0.29, 0.717) is 6.42 Å². The molecule has 1 aliphatic carbocycles. The van der Waals surface area contributed by atoms with E-state index in [1.54, 1.807) is 14.0 Å². The van der Waals surface area contributed by atoms with E-state index in [1.807, 2.05) is 32.0 Å². The van der Waals surface area contributed by atoms with Crippen LogP contribution in [0.1, 0.15) is 63.6 Å². The molecule has 202 valence electrons. The highest BCUT2D eigenvalue weighted by Crippen LogP contribution is 2.41. The molecular formula is C26H37N5O6. The van der Waals surface area contributed by atoms with Gasteiger partial charge in [0, 0.05) is 0 Å². The zero-order valence-corrected chi connectivity index (χ0v) is 21.7. The fourth-order valence-corrected chi connectivity index (χ4v) is 5.54. The molecule has 2 aliphatic heterocycles. The molecule has 4 amide bonds. The maximum Gasteiger partial charge on any atom is 0.290 e. The molecule has 0 aromatic heterocycles. The minimum atomic E-state index is -1.02. The molecule has 2 saturated heterocycles. The SMILES string of the molecule is CN[C@@H](C)C(=O)N[C@H]1CC(=O)N[C@H]2CC(C)(C)C(C(=O)N[C@@H]3CCCc4ccccc43)N2C1=O.O=CO. The van der Waals surface area contributed by atoms with E-state index < -0.39 is 35.6 Å². The minimum absolute atomic E-state index is 0.115. The number of nitrogens with zero attached hydrogens (tertiary/aromatic N) is 1. The predicted octanol–water partition coefficient (Wildman–Crippen LogP) is 0.447. The number of amides is 4. The van der Waals surface area contributed by atoms with Crippen molar-refractivity contribution in [3.8, 4) is 0 Å². The van der Waals surface area contributed by atoms with Gasteiger partial charge < -0.3 is 31.3 Å². The lowest BCUT2D eigenvalue weighted by Crippen LogP contribution is -2.59. The van der Waals surface area contributed by atoms with E-state index in [9.17, 15) is 19.2 Å². The first-order chi connectivity index (χ1) is 17.5. The lowest BCUT2D eigenvalue weighted by molar-refractivity contribution is -0.145. The van der Waals surface area contributed by atoms with Crippen LogP contribution in [0.3, 0.4) is 0 Å². The summed E-state index contributed by atoms with van der Waals surface area (Å²) in [6.45, 7) is 5.31. The molecule has 1 unspecified atom stereocenters. The third-order valence-electron chi connectivity index (χ3n) is 7.42. The second-order valence-electron chi connectivity index (χ2n) is 10.5. The molecule has 1 aromatic rings. The first-order valence-corrected chi connectivity index (χ1v) is 12.6. The van der Waals surface area contributed by atoms with Crippen molar-refractivity contribution in [1.29, 1.82) is 0 Å². The first-order valence-electron chi connectivity index (χ1n) is 12.6. The number of likely N-dealkylation sites (N-methyl/N-ethyl adjacent to an activating group) is 1. The molecule has 11 heteroatoms. The van der Waals surface area contributed by atoms with Crippen molar-refractivity contribution in [3.05, 3.63) is 35.4 Å². The van der Waals surface area contributed by atoms with Gasteiger partial charge in [-0.05, 0) is 56.2 Å². The molecule has 2 heterocycles. The number of nitrogens with one attached hydrogen (secondary N) is 4. The van der Waals surface area contributed by atoms with Crippen molar-refractivity contribution in [2.24, 2.45) is 5.41 Å². The molecular weight excluding hydrogens is 478 g/mol. The molecule has 1 aromatic carbocycles. The zero-order chi connectivity index (χ0) is 27.3. The van der Waals surface area contributed by atoms with Gasteiger partial charge in [-0.3, -0.25) is 24.0 Å². The van der Waals surface area contributed by atoms with Gasteiger partial charge in [0.1, 0.15) is 18.2 Å². The van der Waals surface area contributed by atoms with Crippen LogP contribution in [-0.2, 0) is 30.4 Å². The number of benzene rings is 1. The fourth-order valence-electron chi connectivity index (χ4n) is 5.54. The summed E-state index contributed by atoms with van der Waals surface area (Å²) >= 11 is 0. The van der Waals surface area contributed by atoms with Crippen molar-refractivity contribution in [1.82, 2.24) is 26.2 Å². The van der Waals surface area contributed by atoms with Crippen molar-refractivity contribution >= 4 is 30.1 Å². The number of fused-ring (bicyclic) bond motifs is 2. The van der Waals surface area contributed by atoms with Gasteiger partial charge in [0.25, 0.3) is 6.47 Å². The van der Waals surface area contributed by atoms with E-state index in [0.717, 1.165) is 24.8 Å². The van der Waals surface area contributed by atoms with E-state index >= 15 is 0 Å². The summed E-state index contributed by atoms with van der Waals surface area (Å²) in [4.78, 5) is 62.2. The molecule has 4 rings (SSSR count). The van der Waals surface area contributed by atoms with Crippen LogP contribution in [0.25, 0.3) is 0 Å². The number of hydrogen-bond donors (Lipinski definition) is 5. The van der Waals surface area contributed by atoms with Gasteiger partial charge in [-0.2, -0.15) is 0 Å². The third-order valence-corrected chi connectivity index (χ3v) is 7.42. The van der Waals surface area contributed by atoms with Gasteiger partial charge in [-0.15, -0.1) is 0 Å². The Labute approximate surface area is 216 Å². The van der Waals surface area contributed by atoms with Crippen LogP contribution in [-0.4, -0.2) is 71.4 Å². The zero-order valence-electron chi connectivity index (χ0n) is 21.7. The normalized spacial score (nSPS) is 26.8. The van der Waals surface area contributed by atoms with E-state index in [1.165, 1.54) is 10.5 Å². The number of hydrogen-bond acceptors (Lipinski definition) is 6. The van der Waals surface area contributed by atoms with Crippen molar-refractivity contribution in [2.75, 3.05) is 7.05 Å². The lowest BCUT2D eigenvalue weighted by Gasteiger charge is -2.35. The summed E-state index contributed by atoms with van der Waals surface area (Å²) in [6.07, 6.45) is 2.52. The molecule has 37 heavy (non-hydrogen) atoms. The Bertz CT molecular complexity index is 1040. The van der Waals surface area contributed by atoms with Crippen molar-refractivity contribution < 1.29 is 29.1 Å². The highest BCUT2D eigenvalue weighted by molar-refractivity contribution is 5.98. The number of carbonyl (C=O) groups excluding carboxylic acids is 4. The topological polar surface area (TPSA) is 157 Å². The number of aryl methyl sites for hydroxylation is 1. The monoisotopic (exact) mass is 515 g/mol. The van der Waals surface area contributed by atoms with E-state index in [-0.39, 0.29) is 36.7 Å². The molecule has 5 N–H and O–H groups in total. The largest absolute Gasteiger partial charge is 0.483 e. The molecule has 3 aliphatic rings. The Morgan fingerprint density at radius 3 is 2.54 bits per heavy atom. The molecule has 2 fully saturated rings. The van der Waals surface area contributed by atoms with Gasteiger partial charge in [0.15, 0.2) is 0 Å². The van der Waals surface area contributed by atoms with Crippen LogP contribution in [0.15, 0.2) is 24.3 Å². The van der Waals surface area contributed by atoms with Gasteiger partial charge in [0.05, 0.1) is 18.5 Å². The Hall–Kier alpha value is -3.47. The number of carbonyl (C=O) groups is 5. The van der Waals surface area contributed by atoms with Gasteiger partial charge in [-0.1, -0.05) is 38.1 Å². The van der Waals surface area contributed by atoms with Gasteiger partial charge in [0.2, 0.25) is 23.6 Å². The molecule has 0 radical (unpaired) electrons. The van der Waals surface area contributed by atoms with E-state index in [4.69, 9.17) is 9.90 Å². The standard InChI is InChI=1S/C25H35N5O4.CH2O2/c1-14(26-4)22(32)28-18-12-20(31)29-19-13-25(2,3)21(30(19)24(18)34)23(33)27-17-11-7-9-15-8-5-6-10-16(15)17;2-1-3/h5-6,8,10,14,17-19,21,26H,7,9,11-13H2,1-4H3,(H,27,33)(H,28,32)(H,29,31);1H,(H,2,3)/t14-,17+,18-,19+,21?;/m0./s1. The Kier molecular flexibility index (Phi) is 8.90. The van der Waals surface area contributed by atoms with Gasteiger partial charge in [-0.25, -0.2) is 0 Å². The van der Waals surface area contributed by atoms with Crippen LogP contribution in [0, 0.1) is 5.41 Å². The molecule has 0 spiro atoms. The highest BCUT2D eigenvalue weighted by Gasteiger charge is 2.55. The summed E-state index contributed by atoms with van der Waals surface area (Å²) < 4.78 is 0. The highest BCUT2D eigenvalue weighted by atomic mass is 16.3. The van der Waals surface area contributed by atoms with Crippen LogP contribution in [0.5, 0.6) is 0 Å². The minimum Gasteiger partial charge on any atom is -0.483 e. The first kappa shape index (κ1) is 28.1. The van der Waals surface area contributed by atoms with Gasteiger partial charge >= 0.3 is 0 Å². The molecule has 5 atom stereocenters. The smallest absolute Gasteiger partial charge is 0.290 e. The Morgan fingerprint density at radius 1 is 1.19 bits per heavy atom. The number of carboxylic acid groups (broad SMARTS) is 1. The molecule has 11 nitrogen and oxygen atoms in total. The lowest BCUT2D eigenvalue weighted by atomic mass is 9.82. The van der Waals surface area contributed by atoms with Crippen molar-refractivity contribution in [3.63, 3.8) is 0 Å². The van der Waals surface area contributed by atoms with Crippen LogP contribution >= 0.6 is 0 Å². The van der Waals surface area contributed by atoms with Crippen molar-refractivity contribution in [2.45, 2.75) is 83.2 Å². The summed E-state index contributed by atoms with van der Waals surface area (Å²) in [5.74, 6) is -1.33. The third kappa shape index (κ3) is 6.10. The summed E-state index contributed by atoms with van der Waals surface area (Å²) in [5, 5.41) is 18.5. The van der Waals surface area contributed by atoms with Crippen LogP contribution in [0.4, 0.5) is 0 Å². The summed E-state index contributed by atoms with van der Waals surface area (Å²) in [5.41, 5.74) is 1.80. The average molecular weight is 516 g/mol. The average Bonchev–Trinajstić information content (AvgIpc) is 3.06. The van der Waals surface area contributed by atoms with E-state index in [2.05, 4.69) is 27.3 Å². The number of rotatable bonds is 5. The molecule has 0 bridgehead atoms. The van der Waals surface area contributed by atoms with Crippen LogP contribution < -0.4 is 21.3 Å². The Balaban J connectivity index is 0.00000121. The molecule has 0 saturated carbocycles.